The van der Waals surface area contributed by atoms with Crippen LogP contribution in [0.2, 0.25) is 0 Å². The Morgan fingerprint density at radius 1 is 1.38 bits per heavy atom. The molecule has 2 aromatic rings. The van der Waals surface area contributed by atoms with Gasteiger partial charge >= 0.3 is 10.4 Å². The monoisotopic (exact) mass is 606 g/mol. The summed E-state index contributed by atoms with van der Waals surface area (Å²) in [6.45, 7) is 6.56. The van der Waals surface area contributed by atoms with Crippen LogP contribution in [0, 0.1) is 0 Å². The van der Waals surface area contributed by atoms with Crippen molar-refractivity contribution in [3.63, 3.8) is 0 Å². The summed E-state index contributed by atoms with van der Waals surface area (Å²) < 4.78 is 35.8. The predicted octanol–water partition coefficient (Wildman–Crippen LogP) is 0.274. The number of aromatic hydroxyl groups is 1. The van der Waals surface area contributed by atoms with Crippen molar-refractivity contribution in [2.45, 2.75) is 50.6 Å². The second kappa shape index (κ2) is 11.4. The fourth-order valence-electron chi connectivity index (χ4n) is 3.36. The van der Waals surface area contributed by atoms with Crippen LogP contribution < -0.4 is 16.5 Å². The van der Waals surface area contributed by atoms with Gasteiger partial charge in [0.2, 0.25) is 5.43 Å². The first-order valence-electron chi connectivity index (χ1n) is 11.0. The summed E-state index contributed by atoms with van der Waals surface area (Å²) in [5.41, 5.74) is 3.01. The van der Waals surface area contributed by atoms with Crippen LogP contribution in [0.5, 0.6) is 5.75 Å². The number of thiazole rings is 1. The lowest BCUT2D eigenvalue weighted by atomic mass is 9.84. The molecule has 0 aliphatic carbocycles. The highest BCUT2D eigenvalue weighted by Crippen LogP contribution is 2.33. The number of anilines is 1. The number of hydroxylamine groups is 2. The van der Waals surface area contributed by atoms with E-state index >= 15 is 0 Å². The van der Waals surface area contributed by atoms with Gasteiger partial charge in [-0.1, -0.05) is 19.0 Å². The molecule has 1 saturated heterocycles. The molecule has 0 spiro atoms. The van der Waals surface area contributed by atoms with Crippen LogP contribution >= 0.6 is 23.1 Å². The molecule has 1 unspecified atom stereocenters. The molecule has 16 nitrogen and oxygen atoms in total. The number of oxime groups is 1. The Bertz CT molecular complexity index is 1450. The van der Waals surface area contributed by atoms with Crippen molar-refractivity contribution in [2.75, 3.05) is 11.5 Å². The van der Waals surface area contributed by atoms with E-state index < -0.39 is 56.8 Å². The van der Waals surface area contributed by atoms with E-state index in [-0.39, 0.29) is 27.5 Å². The summed E-state index contributed by atoms with van der Waals surface area (Å²) in [4.78, 5) is 47.3. The summed E-state index contributed by atoms with van der Waals surface area (Å²) in [5, 5.41) is 28.2. The number of carbonyl (C=O) groups is 2. The average Bonchev–Trinajstić information content (AvgIpc) is 3.25. The molecule has 0 bridgehead atoms. The Morgan fingerprint density at radius 3 is 2.59 bits per heavy atom. The fourth-order valence-corrected chi connectivity index (χ4v) is 5.15. The normalized spacial score (nSPS) is 18.1. The van der Waals surface area contributed by atoms with E-state index in [2.05, 4.69) is 19.7 Å². The molecule has 3 heterocycles. The van der Waals surface area contributed by atoms with Crippen LogP contribution in [-0.4, -0.2) is 78.2 Å². The van der Waals surface area contributed by atoms with Crippen molar-refractivity contribution < 1.29 is 42.0 Å². The van der Waals surface area contributed by atoms with Gasteiger partial charge in [0.05, 0.1) is 11.7 Å². The number of pyridine rings is 1. The van der Waals surface area contributed by atoms with E-state index in [1.165, 1.54) is 31.0 Å². The van der Waals surface area contributed by atoms with Gasteiger partial charge in [-0.2, -0.15) is 30.0 Å². The number of β-lactam (4-membered cyclic amide) rings is 1. The maximum absolute atomic E-state index is 13.2. The van der Waals surface area contributed by atoms with E-state index in [9.17, 15) is 33.1 Å². The molecule has 2 atom stereocenters. The van der Waals surface area contributed by atoms with Crippen molar-refractivity contribution in [1.82, 2.24) is 20.1 Å². The molecule has 2 amide bonds. The van der Waals surface area contributed by atoms with Gasteiger partial charge in [0.15, 0.2) is 22.7 Å². The number of nitrogen functional groups attached to an aromatic ring is 1. The van der Waals surface area contributed by atoms with Crippen LogP contribution in [0.1, 0.15) is 45.2 Å². The summed E-state index contributed by atoms with van der Waals surface area (Å²) in [6, 6.07) is -0.337. The molecule has 0 radical (unpaired) electrons. The average molecular weight is 607 g/mol. The van der Waals surface area contributed by atoms with Crippen molar-refractivity contribution in [1.29, 1.82) is 0 Å². The molecule has 3 rings (SSSR count). The Kier molecular flexibility index (Phi) is 8.80. The maximum Gasteiger partial charge on any atom is 0.418 e. The number of hydrogen-bond donors (Lipinski definition) is 5. The molecule has 1 aliphatic rings. The van der Waals surface area contributed by atoms with Crippen molar-refractivity contribution >= 4 is 56.2 Å². The summed E-state index contributed by atoms with van der Waals surface area (Å²) >= 11 is 2.38. The van der Waals surface area contributed by atoms with E-state index in [0.29, 0.717) is 9.79 Å². The zero-order valence-electron chi connectivity index (χ0n) is 21.0. The molecule has 6 N–H and O–H groups in total. The van der Waals surface area contributed by atoms with Gasteiger partial charge < -0.3 is 26.2 Å². The summed E-state index contributed by atoms with van der Waals surface area (Å²) in [5.74, 6) is -2.46. The molecular formula is C20H26N6O10S3. The smallest absolute Gasteiger partial charge is 0.418 e. The number of rotatable bonds is 11. The Labute approximate surface area is 230 Å². The molecule has 214 valence electrons. The number of nitrogens with two attached hydrogens (primary N) is 1. The molecule has 2 aromatic heterocycles. The topological polar surface area (TPSA) is 236 Å². The lowest BCUT2D eigenvalue weighted by molar-refractivity contribution is -0.218. The Morgan fingerprint density at radius 2 is 2.05 bits per heavy atom. The zero-order valence-corrected chi connectivity index (χ0v) is 23.4. The molecule has 19 heteroatoms. The lowest BCUT2D eigenvalue weighted by Gasteiger charge is -2.50. The predicted molar refractivity (Wildman–Crippen MR) is 140 cm³/mol. The number of hydrogen-bond acceptors (Lipinski definition) is 14. The molecular weight excluding hydrogens is 580 g/mol. The Hall–Kier alpha value is -3.39. The summed E-state index contributed by atoms with van der Waals surface area (Å²) in [7, 11) is -5.00. The van der Waals surface area contributed by atoms with Crippen molar-refractivity contribution in [2.24, 2.45) is 5.16 Å². The molecule has 1 fully saturated rings. The number of carbonyl (C=O) groups excluding carboxylic acids is 2. The van der Waals surface area contributed by atoms with Crippen LogP contribution in [0.3, 0.4) is 0 Å². The van der Waals surface area contributed by atoms with Crippen molar-refractivity contribution in [3.05, 3.63) is 39.3 Å². The highest BCUT2D eigenvalue weighted by atomic mass is 32.3. The van der Waals surface area contributed by atoms with Gasteiger partial charge in [-0.25, -0.2) is 4.98 Å². The second-order valence-corrected chi connectivity index (χ2v) is 12.5. The molecule has 0 saturated carbocycles. The van der Waals surface area contributed by atoms with E-state index in [1.54, 1.807) is 0 Å². The standard InChI is InChI=1S/C20H26N6O10S3/c1-9(2)37-8-14(11-5-12(27)13(28)6-25(11)31)35-24-15(10-7-38-19(21)22-10)17(29)23-16-18(30)26(20(16,3)4)36-39(32,33)34/h5-7,9,14,16,28,31H,8H2,1-4H3,(H2,21,22)(H,23,29)(H,32,33,34)/b24-15-/t14?,16-/m1/s1. The minimum atomic E-state index is -5.00. The number of aromatic nitrogens is 2. The first-order valence-corrected chi connectivity index (χ1v) is 14.3. The fraction of sp³-hybridized carbons (Fsp3) is 0.450. The first-order chi connectivity index (χ1) is 18.0. The third kappa shape index (κ3) is 6.98. The van der Waals surface area contributed by atoms with Gasteiger partial charge in [-0.3, -0.25) is 18.9 Å². The minimum Gasteiger partial charge on any atom is -0.503 e. The number of nitrogens with one attached hydrogen (secondary N) is 1. The highest BCUT2D eigenvalue weighted by molar-refractivity contribution is 7.99. The highest BCUT2D eigenvalue weighted by Gasteiger charge is 2.58. The second-order valence-electron chi connectivity index (χ2n) is 8.97. The van der Waals surface area contributed by atoms with Gasteiger partial charge in [0.25, 0.3) is 11.8 Å². The van der Waals surface area contributed by atoms with Gasteiger partial charge in [-0.15, -0.1) is 15.6 Å². The van der Waals surface area contributed by atoms with E-state index in [1.807, 2.05) is 13.8 Å². The molecule has 0 aromatic carbocycles. The van der Waals surface area contributed by atoms with Crippen LogP contribution in [0.15, 0.2) is 27.6 Å². The summed E-state index contributed by atoms with van der Waals surface area (Å²) in [6.07, 6.45) is -0.299. The number of thioether (sulfide) groups is 1. The maximum atomic E-state index is 13.2. The SMILES string of the molecule is CC(C)SCC(O/N=C(\C(=O)N[C@@H]1C(=O)N(OS(=O)(=O)O)C1(C)C)c1csc(N)n1)c1cc(=O)c(O)cn1O. The number of nitrogens with zero attached hydrogens (tertiary/aromatic N) is 4. The first kappa shape index (κ1) is 30.2. The van der Waals surface area contributed by atoms with E-state index in [0.717, 1.165) is 23.6 Å². The Balaban J connectivity index is 1.93. The molecule has 1 aliphatic heterocycles. The van der Waals surface area contributed by atoms with E-state index in [4.69, 9.17) is 15.1 Å². The van der Waals surface area contributed by atoms with Crippen molar-refractivity contribution in [3.8, 4) is 5.75 Å². The van der Waals surface area contributed by atoms with Crippen LogP contribution in [0.25, 0.3) is 0 Å². The third-order valence-electron chi connectivity index (χ3n) is 5.32. The zero-order chi connectivity index (χ0) is 29.3. The minimum absolute atomic E-state index is 0.0204. The third-order valence-corrected chi connectivity index (χ3v) is 7.50. The van der Waals surface area contributed by atoms with Gasteiger partial charge in [0.1, 0.15) is 17.4 Å². The number of amides is 2. The molecule has 39 heavy (non-hydrogen) atoms. The van der Waals surface area contributed by atoms with Gasteiger partial charge in [-0.05, 0) is 19.1 Å². The van der Waals surface area contributed by atoms with Crippen LogP contribution in [-0.2, 0) is 29.1 Å². The largest absolute Gasteiger partial charge is 0.503 e. The lowest BCUT2D eigenvalue weighted by Crippen LogP contribution is -2.76. The van der Waals surface area contributed by atoms with Crippen LogP contribution in [0.4, 0.5) is 5.13 Å². The van der Waals surface area contributed by atoms with Gasteiger partial charge in [0, 0.05) is 17.2 Å². The quantitative estimate of drug-likeness (QED) is 0.0760.